The molecule has 2 heteroatoms. The van der Waals surface area contributed by atoms with Crippen LogP contribution in [0.25, 0.3) is 0 Å². The first-order chi connectivity index (χ1) is 10.0. The Kier molecular flexibility index (Phi) is 5.83. The third-order valence-electron chi connectivity index (χ3n) is 4.65. The summed E-state index contributed by atoms with van der Waals surface area (Å²) in [7, 11) is 0. The molecule has 1 aromatic carbocycles. The highest BCUT2D eigenvalue weighted by molar-refractivity contribution is 5.29. The maximum absolute atomic E-state index is 9.75. The van der Waals surface area contributed by atoms with Crippen LogP contribution in [0.2, 0.25) is 0 Å². The number of hydrogen-bond acceptors (Lipinski definition) is 2. The zero-order valence-corrected chi connectivity index (χ0v) is 13.9. The van der Waals surface area contributed by atoms with Crippen molar-refractivity contribution >= 4 is 0 Å². The van der Waals surface area contributed by atoms with Crippen LogP contribution < -0.4 is 5.32 Å². The van der Waals surface area contributed by atoms with Gasteiger partial charge in [0.05, 0.1) is 12.6 Å². The van der Waals surface area contributed by atoms with Gasteiger partial charge in [-0.05, 0) is 29.4 Å². The van der Waals surface area contributed by atoms with E-state index in [4.69, 9.17) is 0 Å². The molecule has 0 saturated heterocycles. The van der Waals surface area contributed by atoms with Crippen molar-refractivity contribution in [2.75, 3.05) is 6.61 Å². The first-order valence-corrected chi connectivity index (χ1v) is 8.48. The van der Waals surface area contributed by atoms with Gasteiger partial charge >= 0.3 is 0 Å². The van der Waals surface area contributed by atoms with Gasteiger partial charge in [0.1, 0.15) is 0 Å². The van der Waals surface area contributed by atoms with E-state index < -0.39 is 0 Å². The Morgan fingerprint density at radius 1 is 1.05 bits per heavy atom. The molecule has 0 aromatic heterocycles. The summed E-state index contributed by atoms with van der Waals surface area (Å²) in [6.45, 7) is 6.87. The third-order valence-corrected chi connectivity index (χ3v) is 4.65. The van der Waals surface area contributed by atoms with E-state index in [0.717, 1.165) is 0 Å². The highest BCUT2D eigenvalue weighted by Crippen LogP contribution is 2.25. The van der Waals surface area contributed by atoms with Crippen molar-refractivity contribution in [3.63, 3.8) is 0 Å². The Labute approximate surface area is 130 Å². The molecule has 2 nitrogen and oxygen atoms in total. The Hall–Kier alpha value is -0.860. The first-order valence-electron chi connectivity index (χ1n) is 8.48. The summed E-state index contributed by atoms with van der Waals surface area (Å²) >= 11 is 0. The highest BCUT2D eigenvalue weighted by atomic mass is 16.3. The number of aliphatic hydroxyl groups excluding tert-OH is 1. The summed E-state index contributed by atoms with van der Waals surface area (Å²) in [5, 5.41) is 13.4. The molecule has 0 aliphatic heterocycles. The monoisotopic (exact) mass is 289 g/mol. The summed E-state index contributed by atoms with van der Waals surface area (Å²) < 4.78 is 0. The van der Waals surface area contributed by atoms with Crippen LogP contribution in [0.5, 0.6) is 0 Å². The van der Waals surface area contributed by atoms with Crippen molar-refractivity contribution in [2.24, 2.45) is 0 Å². The van der Waals surface area contributed by atoms with Crippen LogP contribution in [0.1, 0.15) is 76.5 Å². The lowest BCUT2D eigenvalue weighted by Crippen LogP contribution is -2.34. The molecule has 21 heavy (non-hydrogen) atoms. The standard InChI is InChI=1S/C19H31NO/c1-19(2,3)16-12-10-15(11-13-16)18(14-21)20-17-8-6-4-5-7-9-17/h10-13,17-18,20-21H,4-9,14H2,1-3H3. The quantitative estimate of drug-likeness (QED) is 0.809. The second kappa shape index (κ2) is 7.42. The summed E-state index contributed by atoms with van der Waals surface area (Å²) in [4.78, 5) is 0. The van der Waals surface area contributed by atoms with Gasteiger partial charge in [-0.3, -0.25) is 0 Å². The smallest absolute Gasteiger partial charge is 0.0626 e. The summed E-state index contributed by atoms with van der Waals surface area (Å²) in [6, 6.07) is 9.38. The highest BCUT2D eigenvalue weighted by Gasteiger charge is 2.19. The molecule has 1 aromatic rings. The van der Waals surface area contributed by atoms with E-state index in [1.807, 2.05) is 0 Å². The average molecular weight is 289 g/mol. The van der Waals surface area contributed by atoms with E-state index in [9.17, 15) is 5.11 Å². The van der Waals surface area contributed by atoms with Crippen molar-refractivity contribution in [2.45, 2.75) is 76.8 Å². The zero-order valence-electron chi connectivity index (χ0n) is 13.9. The summed E-state index contributed by atoms with van der Waals surface area (Å²) in [6.07, 6.45) is 7.86. The van der Waals surface area contributed by atoms with E-state index >= 15 is 0 Å². The molecular weight excluding hydrogens is 258 g/mol. The van der Waals surface area contributed by atoms with E-state index in [-0.39, 0.29) is 18.1 Å². The van der Waals surface area contributed by atoms with Crippen LogP contribution in [-0.2, 0) is 5.41 Å². The molecule has 1 atom stereocenters. The number of benzene rings is 1. The SMILES string of the molecule is CC(C)(C)c1ccc(C(CO)NC2CCCCCC2)cc1. The molecule has 1 aliphatic carbocycles. The molecule has 0 bridgehead atoms. The third kappa shape index (κ3) is 4.82. The Morgan fingerprint density at radius 2 is 1.62 bits per heavy atom. The fourth-order valence-electron chi connectivity index (χ4n) is 3.20. The van der Waals surface area contributed by atoms with E-state index in [1.165, 1.54) is 49.7 Å². The second-order valence-corrected chi connectivity index (χ2v) is 7.46. The Bertz CT molecular complexity index is 410. The number of aliphatic hydroxyl groups is 1. The van der Waals surface area contributed by atoms with Crippen molar-refractivity contribution in [1.29, 1.82) is 0 Å². The van der Waals surface area contributed by atoms with E-state index in [0.29, 0.717) is 6.04 Å². The predicted octanol–water partition coefficient (Wildman–Crippen LogP) is 4.33. The summed E-state index contributed by atoms with van der Waals surface area (Å²) in [5.74, 6) is 0. The molecule has 0 spiro atoms. The van der Waals surface area contributed by atoms with Crippen LogP contribution in [0.3, 0.4) is 0 Å². The predicted molar refractivity (Wildman–Crippen MR) is 89.6 cm³/mol. The largest absolute Gasteiger partial charge is 0.394 e. The topological polar surface area (TPSA) is 32.3 Å². The fraction of sp³-hybridized carbons (Fsp3) is 0.684. The molecule has 0 radical (unpaired) electrons. The lowest BCUT2D eigenvalue weighted by molar-refractivity contribution is 0.228. The van der Waals surface area contributed by atoms with Crippen molar-refractivity contribution < 1.29 is 5.11 Å². The second-order valence-electron chi connectivity index (χ2n) is 7.46. The minimum atomic E-state index is 0.0714. The molecule has 0 heterocycles. The van der Waals surface area contributed by atoms with Gasteiger partial charge in [0.25, 0.3) is 0 Å². The fourth-order valence-corrected chi connectivity index (χ4v) is 3.20. The van der Waals surface area contributed by atoms with Gasteiger partial charge in [-0.2, -0.15) is 0 Å². The molecular formula is C19H31NO. The maximum Gasteiger partial charge on any atom is 0.0626 e. The van der Waals surface area contributed by atoms with Crippen LogP contribution in [-0.4, -0.2) is 17.8 Å². The van der Waals surface area contributed by atoms with Gasteiger partial charge in [0.15, 0.2) is 0 Å². The number of nitrogens with one attached hydrogen (secondary N) is 1. The minimum absolute atomic E-state index is 0.0714. The molecule has 2 rings (SSSR count). The van der Waals surface area contributed by atoms with Gasteiger partial charge in [-0.15, -0.1) is 0 Å². The van der Waals surface area contributed by atoms with Gasteiger partial charge in [-0.25, -0.2) is 0 Å². The zero-order chi connectivity index (χ0) is 15.3. The van der Waals surface area contributed by atoms with Crippen LogP contribution in [0.4, 0.5) is 0 Å². The first kappa shape index (κ1) is 16.5. The normalized spacial score (nSPS) is 19.2. The Morgan fingerprint density at radius 3 is 2.10 bits per heavy atom. The maximum atomic E-state index is 9.75. The molecule has 1 saturated carbocycles. The molecule has 1 unspecified atom stereocenters. The van der Waals surface area contributed by atoms with Gasteiger partial charge in [-0.1, -0.05) is 70.7 Å². The molecule has 2 N–H and O–H groups in total. The van der Waals surface area contributed by atoms with Crippen LogP contribution >= 0.6 is 0 Å². The molecule has 118 valence electrons. The van der Waals surface area contributed by atoms with E-state index in [2.05, 4.69) is 50.4 Å². The minimum Gasteiger partial charge on any atom is -0.394 e. The van der Waals surface area contributed by atoms with Crippen LogP contribution in [0, 0.1) is 0 Å². The van der Waals surface area contributed by atoms with Crippen molar-refractivity contribution in [1.82, 2.24) is 5.32 Å². The molecule has 1 aliphatic rings. The molecule has 0 amide bonds. The van der Waals surface area contributed by atoms with Gasteiger partial charge in [0, 0.05) is 6.04 Å². The molecule has 1 fully saturated rings. The van der Waals surface area contributed by atoms with Gasteiger partial charge in [0.2, 0.25) is 0 Å². The number of rotatable bonds is 4. The lowest BCUT2D eigenvalue weighted by atomic mass is 9.86. The number of hydrogen-bond donors (Lipinski definition) is 2. The van der Waals surface area contributed by atoms with E-state index in [1.54, 1.807) is 0 Å². The summed E-state index contributed by atoms with van der Waals surface area (Å²) in [5.41, 5.74) is 2.73. The van der Waals surface area contributed by atoms with Crippen molar-refractivity contribution in [3.05, 3.63) is 35.4 Å². The lowest BCUT2D eigenvalue weighted by Gasteiger charge is -2.25. The average Bonchev–Trinajstić information content (AvgIpc) is 2.72. The van der Waals surface area contributed by atoms with Crippen molar-refractivity contribution in [3.8, 4) is 0 Å². The van der Waals surface area contributed by atoms with Gasteiger partial charge < -0.3 is 10.4 Å². The Balaban J connectivity index is 2.03. The van der Waals surface area contributed by atoms with Crippen LogP contribution in [0.15, 0.2) is 24.3 Å².